The lowest BCUT2D eigenvalue weighted by Crippen LogP contribution is -2.55. The summed E-state index contributed by atoms with van der Waals surface area (Å²) < 4.78 is 59.7. The molecule has 1 aromatic carbocycles. The van der Waals surface area contributed by atoms with Gasteiger partial charge in [0.15, 0.2) is 23.7 Å². The molecule has 3 atom stereocenters. The number of rotatable bonds is 30. The molecule has 316 valence electrons. The first-order chi connectivity index (χ1) is 26.8. The molecule has 0 bridgehead atoms. The van der Waals surface area contributed by atoms with Crippen LogP contribution in [0.4, 0.5) is 8.78 Å². The first kappa shape index (κ1) is 48.1. The van der Waals surface area contributed by atoms with Gasteiger partial charge in [-0.25, -0.2) is 23.2 Å². The molecule has 2 N–H and O–H groups in total. The van der Waals surface area contributed by atoms with Crippen LogP contribution in [0.2, 0.25) is 0 Å². The number of aryl methyl sites for hydroxylation is 1. The summed E-state index contributed by atoms with van der Waals surface area (Å²) in [4.78, 5) is 52.2. The van der Waals surface area contributed by atoms with Crippen LogP contribution in [-0.4, -0.2) is 68.0 Å². The zero-order valence-electron chi connectivity index (χ0n) is 33.8. The highest BCUT2D eigenvalue weighted by atomic mass is 19.3. The SMILES string of the molecule is CCCCCCCC(F)(F)CCCCCC/C=C/[C@H](C(=O)N[C@@H](Cc1ccc(OCCCC)cc1)C(=O)OC)[C@@](O)(CCOC)C(=O)OCc1oc(=O)oc1C. The van der Waals surface area contributed by atoms with Gasteiger partial charge in [0.2, 0.25) is 11.8 Å². The number of halogens is 2. The number of esters is 2. The molecule has 56 heavy (non-hydrogen) atoms. The van der Waals surface area contributed by atoms with E-state index in [-0.39, 0.29) is 43.8 Å². The van der Waals surface area contributed by atoms with Gasteiger partial charge in [0.25, 0.3) is 0 Å². The number of hydrogen-bond acceptors (Lipinski definition) is 11. The number of allylic oxidation sites excluding steroid dienone is 1. The lowest BCUT2D eigenvalue weighted by Gasteiger charge is -2.32. The maximum absolute atomic E-state index is 14.3. The number of amides is 1. The summed E-state index contributed by atoms with van der Waals surface area (Å²) in [5, 5.41) is 14.6. The van der Waals surface area contributed by atoms with Crippen LogP contribution in [0.5, 0.6) is 5.75 Å². The van der Waals surface area contributed by atoms with Crippen LogP contribution >= 0.6 is 0 Å². The third-order valence-electron chi connectivity index (χ3n) is 9.58. The number of nitrogens with one attached hydrogen (secondary N) is 1. The van der Waals surface area contributed by atoms with E-state index in [9.17, 15) is 33.1 Å². The molecule has 2 aromatic rings. The largest absolute Gasteiger partial charge is 0.519 e. The second-order valence-electron chi connectivity index (χ2n) is 14.2. The normalized spacial score (nSPS) is 13.9. The van der Waals surface area contributed by atoms with E-state index in [1.54, 1.807) is 30.3 Å². The van der Waals surface area contributed by atoms with Crippen molar-refractivity contribution in [1.29, 1.82) is 0 Å². The molecule has 14 heteroatoms. The zero-order valence-corrected chi connectivity index (χ0v) is 33.8. The van der Waals surface area contributed by atoms with Crippen molar-refractivity contribution in [3.8, 4) is 5.75 Å². The number of carbonyl (C=O) groups is 3. The van der Waals surface area contributed by atoms with E-state index in [1.165, 1.54) is 27.2 Å². The minimum atomic E-state index is -2.68. The molecule has 0 aliphatic heterocycles. The van der Waals surface area contributed by atoms with Gasteiger partial charge in [0, 0.05) is 39.4 Å². The summed E-state index contributed by atoms with van der Waals surface area (Å²) in [6, 6.07) is 5.85. The Bertz CT molecular complexity index is 1520. The smallest absolute Gasteiger partial charge is 0.494 e. The average Bonchev–Trinajstić information content (AvgIpc) is 3.50. The Hall–Kier alpha value is -4.04. The van der Waals surface area contributed by atoms with Crippen molar-refractivity contribution >= 4 is 17.8 Å². The summed E-state index contributed by atoms with van der Waals surface area (Å²) in [5.41, 5.74) is -1.82. The van der Waals surface area contributed by atoms with Crippen LogP contribution in [-0.2, 0) is 41.6 Å². The minimum Gasteiger partial charge on any atom is -0.494 e. The van der Waals surface area contributed by atoms with Crippen LogP contribution in [0.25, 0.3) is 0 Å². The molecule has 0 aliphatic rings. The number of benzene rings is 1. The van der Waals surface area contributed by atoms with Gasteiger partial charge >= 0.3 is 17.8 Å². The second-order valence-corrected chi connectivity index (χ2v) is 14.2. The molecule has 0 radical (unpaired) electrons. The molecule has 1 amide bonds. The third-order valence-corrected chi connectivity index (χ3v) is 9.58. The van der Waals surface area contributed by atoms with Gasteiger partial charge in [-0.05, 0) is 56.7 Å². The van der Waals surface area contributed by atoms with Crippen molar-refractivity contribution in [2.75, 3.05) is 27.4 Å². The fourth-order valence-electron chi connectivity index (χ4n) is 6.10. The topological polar surface area (TPSA) is 164 Å². The van der Waals surface area contributed by atoms with Crippen molar-refractivity contribution < 1.29 is 56.1 Å². The molecule has 0 saturated heterocycles. The highest BCUT2D eigenvalue weighted by Gasteiger charge is 2.48. The van der Waals surface area contributed by atoms with Crippen molar-refractivity contribution in [1.82, 2.24) is 5.32 Å². The number of carbonyl (C=O) groups excluding carboxylic acids is 3. The quantitative estimate of drug-likeness (QED) is 0.0448. The lowest BCUT2D eigenvalue weighted by atomic mass is 9.82. The van der Waals surface area contributed by atoms with Gasteiger partial charge in [0.1, 0.15) is 11.8 Å². The Morgan fingerprint density at radius 1 is 0.875 bits per heavy atom. The molecule has 1 aromatic heterocycles. The lowest BCUT2D eigenvalue weighted by molar-refractivity contribution is -0.176. The molecule has 2 rings (SSSR count). The molecule has 0 aliphatic carbocycles. The summed E-state index contributed by atoms with van der Waals surface area (Å²) in [6.45, 7) is 5.43. The molecule has 0 fully saturated rings. The van der Waals surface area contributed by atoms with Crippen molar-refractivity contribution in [2.45, 2.75) is 148 Å². The molecular formula is C42H63F2NO11. The monoisotopic (exact) mass is 795 g/mol. The van der Waals surface area contributed by atoms with E-state index in [4.69, 9.17) is 27.8 Å². The van der Waals surface area contributed by atoms with Gasteiger partial charge in [-0.1, -0.05) is 83.1 Å². The van der Waals surface area contributed by atoms with Crippen LogP contribution in [0.1, 0.15) is 127 Å². The van der Waals surface area contributed by atoms with E-state index in [2.05, 4.69) is 19.2 Å². The number of ether oxygens (including phenoxy) is 4. The summed E-state index contributed by atoms with van der Waals surface area (Å²) in [5.74, 6) is -7.43. The van der Waals surface area contributed by atoms with Gasteiger partial charge in [-0.15, -0.1) is 0 Å². The van der Waals surface area contributed by atoms with E-state index < -0.39 is 53.8 Å². The van der Waals surface area contributed by atoms with Crippen molar-refractivity contribution in [2.24, 2.45) is 5.92 Å². The van der Waals surface area contributed by atoms with Crippen LogP contribution in [0, 0.1) is 12.8 Å². The number of aliphatic hydroxyl groups is 1. The third kappa shape index (κ3) is 17.4. The first-order valence-corrected chi connectivity index (χ1v) is 19.9. The van der Waals surface area contributed by atoms with E-state index >= 15 is 0 Å². The Kier molecular flexibility index (Phi) is 22.3. The number of hydrogen-bond donors (Lipinski definition) is 2. The van der Waals surface area contributed by atoms with Gasteiger partial charge in [-0.2, -0.15) is 0 Å². The Balaban J connectivity index is 2.22. The summed E-state index contributed by atoms with van der Waals surface area (Å²) >= 11 is 0. The Labute approximate surface area is 329 Å². The van der Waals surface area contributed by atoms with Crippen molar-refractivity contribution in [3.05, 3.63) is 64.1 Å². The van der Waals surface area contributed by atoms with Crippen LogP contribution in [0.15, 0.2) is 50.0 Å². The summed E-state index contributed by atoms with van der Waals surface area (Å²) in [7, 11) is 2.54. The highest BCUT2D eigenvalue weighted by Crippen LogP contribution is 2.30. The molecule has 0 unspecified atom stereocenters. The molecule has 0 spiro atoms. The van der Waals surface area contributed by atoms with E-state index in [1.807, 2.05) is 0 Å². The first-order valence-electron chi connectivity index (χ1n) is 19.9. The average molecular weight is 796 g/mol. The van der Waals surface area contributed by atoms with E-state index in [0.29, 0.717) is 56.4 Å². The number of methoxy groups -OCH3 is 2. The predicted octanol–water partition coefficient (Wildman–Crippen LogP) is 7.94. The molecule has 1 heterocycles. The maximum atomic E-state index is 14.3. The second kappa shape index (κ2) is 26.0. The Morgan fingerprint density at radius 3 is 2.11 bits per heavy atom. The van der Waals surface area contributed by atoms with Gasteiger partial charge in [0.05, 0.1) is 19.6 Å². The highest BCUT2D eigenvalue weighted by molar-refractivity contribution is 5.93. The van der Waals surface area contributed by atoms with Crippen molar-refractivity contribution in [3.63, 3.8) is 0 Å². The molecule has 12 nitrogen and oxygen atoms in total. The zero-order chi connectivity index (χ0) is 41.4. The Morgan fingerprint density at radius 2 is 1.52 bits per heavy atom. The molecular weight excluding hydrogens is 732 g/mol. The molecule has 0 saturated carbocycles. The maximum Gasteiger partial charge on any atom is 0.519 e. The van der Waals surface area contributed by atoms with Crippen LogP contribution < -0.4 is 15.9 Å². The fraction of sp³-hybridized carbons (Fsp3) is 0.667. The van der Waals surface area contributed by atoms with Gasteiger partial charge < -0.3 is 38.2 Å². The summed E-state index contributed by atoms with van der Waals surface area (Å²) in [6.07, 6.45) is 11.4. The van der Waals surface area contributed by atoms with Crippen LogP contribution in [0.3, 0.4) is 0 Å². The minimum absolute atomic E-state index is 0.0295. The van der Waals surface area contributed by atoms with Gasteiger partial charge in [-0.3, -0.25) is 4.79 Å². The van der Waals surface area contributed by atoms with E-state index in [0.717, 1.165) is 38.5 Å². The standard InChI is InChI=1S/C42H63F2NO11/c1-6-8-10-14-17-24-41(43,44)25-18-15-12-11-13-16-19-34(42(50,26-28-51-4)39(48)54-30-36-31(3)55-40(49)56-36)37(46)45-35(38(47)52-5)29-32-20-22-33(23-21-32)53-27-9-7-2/h16,19-23,34-35,50H,6-15,17-18,24-30H2,1-5H3,(H,45,46)/b19-16+/t34-,35+,42+/m1/s1. The number of unbranched alkanes of at least 4 members (excludes halogenated alkanes) is 9. The fourth-order valence-corrected chi connectivity index (χ4v) is 6.10. The predicted molar refractivity (Wildman–Crippen MR) is 206 cm³/mol. The number of alkyl halides is 2.